The first-order chi connectivity index (χ1) is 15.0. The van der Waals surface area contributed by atoms with Crippen molar-refractivity contribution >= 4 is 33.1 Å². The van der Waals surface area contributed by atoms with E-state index in [4.69, 9.17) is 0 Å². The first kappa shape index (κ1) is 19.7. The van der Waals surface area contributed by atoms with Crippen LogP contribution in [0.3, 0.4) is 0 Å². The molecular formula is C25H23N3O2S. The molecule has 0 saturated carbocycles. The Labute approximate surface area is 184 Å². The molecule has 5 rings (SSSR count). The van der Waals surface area contributed by atoms with Crippen molar-refractivity contribution in [2.75, 3.05) is 4.90 Å². The summed E-state index contributed by atoms with van der Waals surface area (Å²) in [5.74, 6) is 0.0363. The molecule has 0 bridgehead atoms. The van der Waals surface area contributed by atoms with Gasteiger partial charge >= 0.3 is 0 Å². The molecule has 1 atom stereocenters. The molecule has 0 radical (unpaired) electrons. The van der Waals surface area contributed by atoms with Gasteiger partial charge in [-0.2, -0.15) is 0 Å². The number of anilines is 1. The van der Waals surface area contributed by atoms with E-state index >= 15 is 0 Å². The molecule has 1 unspecified atom stereocenters. The van der Waals surface area contributed by atoms with Crippen molar-refractivity contribution in [3.05, 3.63) is 81.7 Å². The zero-order valence-corrected chi connectivity index (χ0v) is 18.4. The van der Waals surface area contributed by atoms with Gasteiger partial charge in [0.05, 0.1) is 11.7 Å². The van der Waals surface area contributed by atoms with E-state index < -0.39 is 0 Å². The fraction of sp³-hybridized carbons (Fsp3) is 0.240. The third kappa shape index (κ3) is 3.37. The predicted molar refractivity (Wildman–Crippen MR) is 126 cm³/mol. The Balaban J connectivity index is 1.45. The molecule has 1 amide bonds. The molecule has 0 saturated heterocycles. The van der Waals surface area contributed by atoms with Crippen molar-refractivity contribution in [1.29, 1.82) is 0 Å². The first-order valence-corrected chi connectivity index (χ1v) is 11.3. The molecule has 156 valence electrons. The van der Waals surface area contributed by atoms with Crippen LogP contribution in [0, 0.1) is 6.92 Å². The smallest absolute Gasteiger partial charge is 0.262 e. The summed E-state index contributed by atoms with van der Waals surface area (Å²) < 4.78 is 1.57. The van der Waals surface area contributed by atoms with Crippen LogP contribution < -0.4 is 10.5 Å². The molecule has 1 aliphatic rings. The second kappa shape index (κ2) is 7.78. The van der Waals surface area contributed by atoms with Crippen molar-refractivity contribution in [3.63, 3.8) is 0 Å². The largest absolute Gasteiger partial charge is 0.309 e. The highest BCUT2D eigenvalue weighted by atomic mass is 32.1. The fourth-order valence-corrected chi connectivity index (χ4v) is 5.53. The minimum Gasteiger partial charge on any atom is -0.309 e. The lowest BCUT2D eigenvalue weighted by Crippen LogP contribution is -2.36. The van der Waals surface area contributed by atoms with E-state index in [2.05, 4.69) is 18.0 Å². The Morgan fingerprint density at radius 3 is 2.68 bits per heavy atom. The number of rotatable bonds is 4. The lowest BCUT2D eigenvalue weighted by molar-refractivity contribution is -0.119. The quantitative estimate of drug-likeness (QED) is 0.468. The number of carbonyl (C=O) groups excluding carboxylic acids is 1. The Hall–Kier alpha value is -3.25. The predicted octanol–water partition coefficient (Wildman–Crippen LogP) is 4.80. The highest BCUT2D eigenvalue weighted by Gasteiger charge is 2.30. The van der Waals surface area contributed by atoms with Gasteiger partial charge in [0.1, 0.15) is 4.83 Å². The van der Waals surface area contributed by atoms with Gasteiger partial charge in [0, 0.05) is 35.1 Å². The average molecular weight is 430 g/mol. The number of hydrogen-bond acceptors (Lipinski definition) is 4. The second-order valence-electron chi connectivity index (χ2n) is 8.02. The van der Waals surface area contributed by atoms with Gasteiger partial charge in [0.25, 0.3) is 5.56 Å². The monoisotopic (exact) mass is 429 g/mol. The van der Waals surface area contributed by atoms with Gasteiger partial charge in [0.2, 0.25) is 5.91 Å². The molecule has 6 heteroatoms. The standard InChI is InChI=1S/C25H23N3O2S/c1-16-14-19-10-6-7-11-20(19)28(16)21(29)12-13-27-15-26-24-23(25(27)30)22(17(2)31-24)18-8-4-3-5-9-18/h3-11,15-16H,12-14H2,1-2H3. The Morgan fingerprint density at radius 1 is 1.13 bits per heavy atom. The summed E-state index contributed by atoms with van der Waals surface area (Å²) in [6.07, 6.45) is 2.70. The average Bonchev–Trinajstić information content (AvgIpc) is 3.29. The molecule has 0 spiro atoms. The maximum atomic E-state index is 13.3. The summed E-state index contributed by atoms with van der Waals surface area (Å²) in [7, 11) is 0. The van der Waals surface area contributed by atoms with Gasteiger partial charge in [-0.1, -0.05) is 48.5 Å². The number of amides is 1. The van der Waals surface area contributed by atoms with Crippen LogP contribution >= 0.6 is 11.3 Å². The van der Waals surface area contributed by atoms with E-state index in [1.54, 1.807) is 10.9 Å². The van der Waals surface area contributed by atoms with Crippen LogP contribution in [-0.2, 0) is 17.8 Å². The normalized spacial score (nSPS) is 15.4. The summed E-state index contributed by atoms with van der Waals surface area (Å²) in [5.41, 5.74) is 4.06. The Bertz CT molecular complexity index is 1340. The summed E-state index contributed by atoms with van der Waals surface area (Å²) in [4.78, 5) is 34.6. The number of para-hydroxylation sites is 1. The lowest BCUT2D eigenvalue weighted by atomic mass is 10.0. The molecule has 5 nitrogen and oxygen atoms in total. The molecule has 3 heterocycles. The molecule has 0 aliphatic carbocycles. The molecule has 0 fully saturated rings. The molecule has 1 aliphatic heterocycles. The minimum absolute atomic E-state index is 0.0363. The topological polar surface area (TPSA) is 55.2 Å². The zero-order chi connectivity index (χ0) is 21.5. The van der Waals surface area contributed by atoms with Gasteiger partial charge < -0.3 is 4.90 Å². The molecule has 0 N–H and O–H groups in total. The van der Waals surface area contributed by atoms with Crippen LogP contribution in [0.4, 0.5) is 5.69 Å². The number of hydrogen-bond donors (Lipinski definition) is 0. The molecule has 2 aromatic carbocycles. The molecular weight excluding hydrogens is 406 g/mol. The molecule has 2 aromatic heterocycles. The van der Waals surface area contributed by atoms with Crippen LogP contribution in [0.2, 0.25) is 0 Å². The highest BCUT2D eigenvalue weighted by molar-refractivity contribution is 7.19. The summed E-state index contributed by atoms with van der Waals surface area (Å²) >= 11 is 1.53. The van der Waals surface area contributed by atoms with Crippen LogP contribution in [0.5, 0.6) is 0 Å². The molecule has 4 aromatic rings. The first-order valence-electron chi connectivity index (χ1n) is 10.5. The van der Waals surface area contributed by atoms with Crippen molar-refractivity contribution in [3.8, 4) is 11.1 Å². The second-order valence-corrected chi connectivity index (χ2v) is 9.22. The number of thiophene rings is 1. The maximum Gasteiger partial charge on any atom is 0.262 e. The van der Waals surface area contributed by atoms with E-state index in [0.717, 1.165) is 32.9 Å². The number of aromatic nitrogens is 2. The fourth-order valence-electron chi connectivity index (χ4n) is 4.53. The van der Waals surface area contributed by atoms with Gasteiger partial charge in [-0.25, -0.2) is 4.98 Å². The van der Waals surface area contributed by atoms with Gasteiger partial charge in [-0.05, 0) is 37.5 Å². The van der Waals surface area contributed by atoms with Crippen LogP contribution in [-0.4, -0.2) is 21.5 Å². The number of aryl methyl sites for hydroxylation is 2. The van der Waals surface area contributed by atoms with Crippen LogP contribution in [0.1, 0.15) is 23.8 Å². The molecule has 31 heavy (non-hydrogen) atoms. The van der Waals surface area contributed by atoms with Gasteiger partial charge in [-0.15, -0.1) is 11.3 Å². The van der Waals surface area contributed by atoms with Gasteiger partial charge in [-0.3, -0.25) is 14.2 Å². The number of carbonyl (C=O) groups is 1. The van der Waals surface area contributed by atoms with E-state index in [-0.39, 0.29) is 23.9 Å². The summed E-state index contributed by atoms with van der Waals surface area (Å²) in [6, 6.07) is 18.1. The SMILES string of the molecule is Cc1sc2ncn(CCC(=O)N3c4ccccc4CC3C)c(=O)c2c1-c1ccccc1. The minimum atomic E-state index is -0.0872. The van der Waals surface area contributed by atoms with Crippen LogP contribution in [0.25, 0.3) is 21.3 Å². The summed E-state index contributed by atoms with van der Waals surface area (Å²) in [5, 5.41) is 0.642. The van der Waals surface area contributed by atoms with E-state index in [1.165, 1.54) is 16.9 Å². The highest BCUT2D eigenvalue weighted by Crippen LogP contribution is 2.35. The van der Waals surface area contributed by atoms with E-state index in [0.29, 0.717) is 11.9 Å². The zero-order valence-electron chi connectivity index (χ0n) is 17.5. The lowest BCUT2D eigenvalue weighted by Gasteiger charge is -2.23. The number of benzene rings is 2. The van der Waals surface area contributed by atoms with Crippen molar-refractivity contribution < 1.29 is 4.79 Å². The van der Waals surface area contributed by atoms with Crippen molar-refractivity contribution in [2.45, 2.75) is 39.3 Å². The third-order valence-electron chi connectivity index (χ3n) is 5.96. The van der Waals surface area contributed by atoms with Gasteiger partial charge in [0.15, 0.2) is 0 Å². The van der Waals surface area contributed by atoms with E-state index in [9.17, 15) is 9.59 Å². The van der Waals surface area contributed by atoms with Crippen LogP contribution in [0.15, 0.2) is 65.7 Å². The third-order valence-corrected chi connectivity index (χ3v) is 6.97. The Morgan fingerprint density at radius 2 is 1.87 bits per heavy atom. The van der Waals surface area contributed by atoms with Crippen molar-refractivity contribution in [1.82, 2.24) is 9.55 Å². The number of nitrogens with zero attached hydrogens (tertiary/aromatic N) is 3. The maximum absolute atomic E-state index is 13.3. The van der Waals surface area contributed by atoms with Crippen molar-refractivity contribution in [2.24, 2.45) is 0 Å². The Kier molecular flexibility index (Phi) is 4.94. The number of fused-ring (bicyclic) bond motifs is 2. The van der Waals surface area contributed by atoms with E-state index in [1.807, 2.05) is 60.4 Å². The summed E-state index contributed by atoms with van der Waals surface area (Å²) in [6.45, 7) is 4.40.